The second-order valence-electron chi connectivity index (χ2n) is 10.8. The van der Waals surface area contributed by atoms with Crippen LogP contribution in [-0.2, 0) is 28.9 Å². The minimum atomic E-state index is -1.32. The molecular formula is C31H26Cl2N2O5. The van der Waals surface area contributed by atoms with Crippen LogP contribution in [0.25, 0.3) is 0 Å². The van der Waals surface area contributed by atoms with Crippen LogP contribution in [0.5, 0.6) is 0 Å². The number of likely N-dealkylation sites (tertiary alicyclic amines) is 1. The molecule has 3 aromatic rings. The molecule has 3 aromatic carbocycles. The molecule has 1 N–H and O–H groups in total. The predicted molar refractivity (Wildman–Crippen MR) is 150 cm³/mol. The number of rotatable bonds is 5. The molecule has 1 aliphatic heterocycles. The fourth-order valence-electron chi connectivity index (χ4n) is 6.70. The van der Waals surface area contributed by atoms with Gasteiger partial charge in [0.05, 0.1) is 24.5 Å². The van der Waals surface area contributed by atoms with E-state index in [9.17, 15) is 19.2 Å². The van der Waals surface area contributed by atoms with Crippen LogP contribution in [0, 0.1) is 17.8 Å². The van der Waals surface area contributed by atoms with E-state index in [-0.39, 0.29) is 0 Å². The zero-order chi connectivity index (χ0) is 28.6. The number of hydrogen-bond donors (Lipinski definition) is 1. The van der Waals surface area contributed by atoms with Crippen molar-refractivity contribution in [1.82, 2.24) is 4.90 Å². The summed E-state index contributed by atoms with van der Waals surface area (Å²) in [5, 5.41) is 2.80. The highest BCUT2D eigenvalue weighted by Gasteiger charge is 2.73. The van der Waals surface area contributed by atoms with Gasteiger partial charge in [0.1, 0.15) is 15.8 Å². The Morgan fingerprint density at radius 3 is 1.60 bits per heavy atom. The average Bonchev–Trinajstić information content (AvgIpc) is 3.22. The predicted octanol–water partition coefficient (Wildman–Crippen LogP) is 5.03. The quantitative estimate of drug-likeness (QED) is 0.261. The van der Waals surface area contributed by atoms with Crippen LogP contribution in [0.3, 0.4) is 0 Å². The van der Waals surface area contributed by atoms with Crippen LogP contribution in [-0.4, -0.2) is 41.7 Å². The van der Waals surface area contributed by atoms with E-state index in [1.165, 1.54) is 19.2 Å². The van der Waals surface area contributed by atoms with Crippen LogP contribution in [0.2, 0.25) is 0 Å². The number of alkyl halides is 2. The molecule has 4 aliphatic rings. The second-order valence-corrected chi connectivity index (χ2v) is 12.0. The Morgan fingerprint density at radius 2 is 1.23 bits per heavy atom. The van der Waals surface area contributed by atoms with Gasteiger partial charge in [-0.2, -0.15) is 0 Å². The number of ether oxygens (including phenoxy) is 1. The first-order valence-electron chi connectivity index (χ1n) is 13.0. The van der Waals surface area contributed by atoms with Crippen LogP contribution >= 0.6 is 23.2 Å². The van der Waals surface area contributed by atoms with Gasteiger partial charge >= 0.3 is 5.97 Å². The Labute approximate surface area is 241 Å². The van der Waals surface area contributed by atoms with Gasteiger partial charge in [-0.05, 0) is 52.4 Å². The Bertz CT molecular complexity index is 1460. The van der Waals surface area contributed by atoms with Gasteiger partial charge in [-0.1, -0.05) is 62.4 Å². The van der Waals surface area contributed by atoms with Gasteiger partial charge in [-0.15, -0.1) is 23.2 Å². The van der Waals surface area contributed by atoms with Gasteiger partial charge in [-0.25, -0.2) is 4.79 Å². The van der Waals surface area contributed by atoms with Gasteiger partial charge in [0, 0.05) is 5.69 Å². The van der Waals surface area contributed by atoms with Crippen molar-refractivity contribution in [3.63, 3.8) is 0 Å². The molecule has 0 radical (unpaired) electrons. The average molecular weight is 577 g/mol. The molecule has 40 heavy (non-hydrogen) atoms. The lowest BCUT2D eigenvalue weighted by molar-refractivity contribution is -0.148. The monoisotopic (exact) mass is 576 g/mol. The van der Waals surface area contributed by atoms with Gasteiger partial charge < -0.3 is 10.1 Å². The number of imide groups is 1. The maximum atomic E-state index is 14.3. The van der Waals surface area contributed by atoms with Crippen molar-refractivity contribution >= 4 is 52.6 Å². The topological polar surface area (TPSA) is 92.8 Å². The van der Waals surface area contributed by atoms with Crippen molar-refractivity contribution in [3.05, 3.63) is 101 Å². The summed E-state index contributed by atoms with van der Waals surface area (Å²) < 4.78 is 4.72. The number of carbonyl (C=O) groups is 4. The molecule has 3 atom stereocenters. The first-order valence-corrected chi connectivity index (χ1v) is 13.8. The molecule has 3 amide bonds. The number of carbonyl (C=O) groups excluding carboxylic acids is 4. The highest BCUT2D eigenvalue weighted by Crippen LogP contribution is 2.69. The highest BCUT2D eigenvalue weighted by molar-refractivity contribution is 6.36. The van der Waals surface area contributed by atoms with Crippen molar-refractivity contribution in [3.8, 4) is 0 Å². The molecule has 0 saturated carbocycles. The number of anilines is 1. The zero-order valence-electron chi connectivity index (χ0n) is 22.0. The number of methoxy groups -OCH3 is 1. The standard InChI is InChI=1S/C31H26Cl2N2O5/c1-16(2)25(26(36)34-18-14-12-17(13-15-18)29(39)40-3)35-27(37)23-24(28(35)38)31(33)20-9-5-4-8-19(20)30(23,32)21-10-6-7-11-22(21)31/h4-16,23-25H,1-3H3,(H,34,36)/t23-,24-,25+,30?,31?/m1/s1. The van der Waals surface area contributed by atoms with Crippen LogP contribution in [0.1, 0.15) is 46.5 Å². The molecule has 0 aromatic heterocycles. The van der Waals surface area contributed by atoms with E-state index in [2.05, 4.69) is 5.32 Å². The third-order valence-corrected chi connectivity index (χ3v) is 9.66. The summed E-state index contributed by atoms with van der Waals surface area (Å²) >= 11 is 15.0. The fourth-order valence-corrected chi connectivity index (χ4v) is 7.80. The molecule has 3 aliphatic carbocycles. The van der Waals surface area contributed by atoms with Crippen LogP contribution in [0.15, 0.2) is 72.8 Å². The van der Waals surface area contributed by atoms with E-state index in [1.807, 2.05) is 48.5 Å². The Hall–Kier alpha value is -3.68. The Morgan fingerprint density at radius 1 is 0.800 bits per heavy atom. The van der Waals surface area contributed by atoms with Crippen molar-refractivity contribution < 1.29 is 23.9 Å². The summed E-state index contributed by atoms with van der Waals surface area (Å²) in [6, 6.07) is 19.9. The minimum absolute atomic E-state index is 0.323. The first-order chi connectivity index (χ1) is 19.1. The third-order valence-electron chi connectivity index (χ3n) is 8.37. The normalized spacial score (nSPS) is 26.7. The van der Waals surface area contributed by atoms with Gasteiger partial charge in [0.25, 0.3) is 0 Å². The maximum absolute atomic E-state index is 14.3. The molecule has 7 rings (SSSR count). The Balaban J connectivity index is 1.41. The van der Waals surface area contributed by atoms with E-state index >= 15 is 0 Å². The number of esters is 1. The fraction of sp³-hybridized carbons (Fsp3) is 0.290. The first kappa shape index (κ1) is 26.5. The molecule has 0 spiro atoms. The van der Waals surface area contributed by atoms with Crippen molar-refractivity contribution in [2.75, 3.05) is 12.4 Å². The highest BCUT2D eigenvalue weighted by atomic mass is 35.5. The van der Waals surface area contributed by atoms with Gasteiger partial charge in [0.2, 0.25) is 17.7 Å². The number of nitrogens with zero attached hydrogens (tertiary/aromatic N) is 1. The lowest BCUT2D eigenvalue weighted by Crippen LogP contribution is -2.57. The molecule has 204 valence electrons. The van der Waals surface area contributed by atoms with Gasteiger partial charge in [-0.3, -0.25) is 19.3 Å². The second kappa shape index (κ2) is 9.18. The number of hydrogen-bond acceptors (Lipinski definition) is 5. The number of halogens is 2. The number of nitrogens with one attached hydrogen (secondary N) is 1. The van der Waals surface area contributed by atoms with Gasteiger partial charge in [0.15, 0.2) is 0 Å². The lowest BCUT2D eigenvalue weighted by Gasteiger charge is -2.54. The molecule has 2 bridgehead atoms. The van der Waals surface area contributed by atoms with E-state index in [0.29, 0.717) is 33.5 Å². The molecule has 7 nitrogen and oxygen atoms in total. The Kier molecular flexibility index (Phi) is 6.09. The minimum Gasteiger partial charge on any atom is -0.465 e. The summed E-state index contributed by atoms with van der Waals surface area (Å²) in [6.07, 6.45) is 0. The summed E-state index contributed by atoms with van der Waals surface area (Å²) in [4.78, 5) is 52.5. The zero-order valence-corrected chi connectivity index (χ0v) is 23.5. The summed E-state index contributed by atoms with van der Waals surface area (Å²) in [5.41, 5.74) is 3.53. The van der Waals surface area contributed by atoms with E-state index in [0.717, 1.165) is 4.90 Å². The molecule has 1 fully saturated rings. The van der Waals surface area contributed by atoms with E-state index in [1.54, 1.807) is 26.0 Å². The molecule has 1 heterocycles. The van der Waals surface area contributed by atoms with Crippen LogP contribution in [0.4, 0.5) is 5.69 Å². The smallest absolute Gasteiger partial charge is 0.337 e. The third kappa shape index (κ3) is 3.37. The van der Waals surface area contributed by atoms with E-state index in [4.69, 9.17) is 27.9 Å². The molecule has 0 unspecified atom stereocenters. The number of benzene rings is 3. The molecule has 9 heteroatoms. The van der Waals surface area contributed by atoms with Crippen molar-refractivity contribution in [2.24, 2.45) is 17.8 Å². The largest absolute Gasteiger partial charge is 0.465 e. The van der Waals surface area contributed by atoms with Crippen LogP contribution < -0.4 is 5.32 Å². The van der Waals surface area contributed by atoms with Crippen molar-refractivity contribution in [1.29, 1.82) is 0 Å². The lowest BCUT2D eigenvalue weighted by atomic mass is 9.54. The molecular weight excluding hydrogens is 551 g/mol. The van der Waals surface area contributed by atoms with E-state index < -0.39 is 57.2 Å². The summed E-state index contributed by atoms with van der Waals surface area (Å²) in [6.45, 7) is 3.55. The van der Waals surface area contributed by atoms with Crippen molar-refractivity contribution in [2.45, 2.75) is 29.6 Å². The summed E-state index contributed by atoms with van der Waals surface area (Å²) in [7, 11) is 1.28. The SMILES string of the molecule is COC(=O)c1ccc(NC(=O)[C@H](C(C)C)N2C(=O)[C@H]3[C@H](C2=O)C2(Cl)c4ccccc4C3(Cl)c3ccccc32)cc1. The molecule has 1 saturated heterocycles. The maximum Gasteiger partial charge on any atom is 0.337 e. The summed E-state index contributed by atoms with van der Waals surface area (Å²) in [5.74, 6) is -4.47. The number of amides is 3.